The van der Waals surface area contributed by atoms with E-state index in [4.69, 9.17) is 14.9 Å². The van der Waals surface area contributed by atoms with Gasteiger partial charge < -0.3 is 9.63 Å². The van der Waals surface area contributed by atoms with Crippen LogP contribution in [0.15, 0.2) is 0 Å². The number of carboxylic acid groups (broad SMARTS) is 1. The average Bonchev–Trinajstić information content (AvgIpc) is 1.21. The molecule has 3 N–H and O–H groups in total. The molecule has 54 valence electrons. The van der Waals surface area contributed by atoms with Gasteiger partial charge in [-0.25, -0.2) is 9.36 Å². The van der Waals surface area contributed by atoms with Gasteiger partial charge in [-0.1, -0.05) is 0 Å². The molecule has 10 heteroatoms. The van der Waals surface area contributed by atoms with Crippen molar-refractivity contribution >= 4 is 103 Å². The van der Waals surface area contributed by atoms with Crippen molar-refractivity contribution < 1.29 is 28.8 Å². The summed E-state index contributed by atoms with van der Waals surface area (Å²) >= 11 is 0. The van der Waals surface area contributed by atoms with Crippen molar-refractivity contribution in [1.82, 2.24) is 0 Å². The van der Waals surface area contributed by atoms with Gasteiger partial charge in [0.25, 0.3) is 0 Å². The Morgan fingerprint density at radius 1 is 1.18 bits per heavy atom. The van der Waals surface area contributed by atoms with E-state index in [1.807, 2.05) is 0 Å². The normalized spacial score (nSPS) is 7.82. The summed E-state index contributed by atoms with van der Waals surface area (Å²) in [5.74, 6) is 0. The van der Waals surface area contributed by atoms with Gasteiger partial charge in [0.2, 0.25) is 0 Å². The molecule has 0 unspecified atom stereocenters. The molecule has 0 aliphatic carbocycles. The third-order valence-electron chi connectivity index (χ3n) is 0.197. The van der Waals surface area contributed by atoms with Crippen LogP contribution >= 0.6 is 7.82 Å². The van der Waals surface area contributed by atoms with Gasteiger partial charge in [0, 0.05) is 0 Å². The molecule has 0 saturated carbocycles. The van der Waals surface area contributed by atoms with Crippen molar-refractivity contribution in [2.75, 3.05) is 0 Å². The molecule has 0 amide bonds. The van der Waals surface area contributed by atoms with Crippen LogP contribution in [0.25, 0.3) is 0 Å². The van der Waals surface area contributed by atoms with E-state index in [0.717, 1.165) is 0 Å². The molecule has 0 aromatic heterocycles. The van der Waals surface area contributed by atoms with E-state index in [9.17, 15) is 9.36 Å². The Morgan fingerprint density at radius 2 is 1.45 bits per heavy atom. The number of phosphoric ester groups is 1. The van der Waals surface area contributed by atoms with Crippen molar-refractivity contribution in [1.29, 1.82) is 0 Å². The van der Waals surface area contributed by atoms with Crippen LogP contribution in [0.3, 0.4) is 0 Å². The van der Waals surface area contributed by atoms with E-state index in [1.54, 1.807) is 0 Å². The molecule has 11 heavy (non-hydrogen) atoms. The fourth-order valence-corrected chi connectivity index (χ4v) is 0.305. The van der Waals surface area contributed by atoms with Gasteiger partial charge in [-0.05, 0) is 0 Å². The minimum absolute atomic E-state index is 0. The van der Waals surface area contributed by atoms with Gasteiger partial charge in [-0.15, -0.1) is 0 Å². The molecule has 0 aromatic carbocycles. The van der Waals surface area contributed by atoms with Crippen molar-refractivity contribution in [2.45, 2.75) is 0 Å². The summed E-state index contributed by atoms with van der Waals surface area (Å²) in [6.45, 7) is 0. The van der Waals surface area contributed by atoms with E-state index >= 15 is 0 Å². The molecule has 0 aromatic rings. The molecule has 0 spiro atoms. The molecule has 0 aliphatic heterocycles. The molecule has 0 rings (SSSR count). The summed E-state index contributed by atoms with van der Waals surface area (Å²) in [5, 5.41) is 7.53. The summed E-state index contributed by atoms with van der Waals surface area (Å²) < 4.78 is 12.6. The maximum absolute atomic E-state index is 9.53. The molecular weight excluding hydrogens is 208 g/mol. The number of hydrogen-bond acceptors (Lipinski definition) is 3. The van der Waals surface area contributed by atoms with Gasteiger partial charge in [0.1, 0.15) is 0 Å². The van der Waals surface area contributed by atoms with Gasteiger partial charge in [-0.3, -0.25) is 9.79 Å². The molecule has 0 bridgehead atoms. The van der Waals surface area contributed by atoms with Gasteiger partial charge in [0.05, 0.1) is 0 Å². The fraction of sp³-hybridized carbons (Fsp3) is 0. The van der Waals surface area contributed by atoms with Crippen molar-refractivity contribution in [3.8, 4) is 0 Å². The molecule has 0 fully saturated rings. The predicted molar refractivity (Wildman–Crippen MR) is 42.6 cm³/mol. The van der Waals surface area contributed by atoms with E-state index in [1.165, 1.54) is 0 Å². The molecule has 0 aliphatic rings. The van der Waals surface area contributed by atoms with Gasteiger partial charge in [-0.2, -0.15) is 0 Å². The Morgan fingerprint density at radius 3 is 1.45 bits per heavy atom. The first-order valence-corrected chi connectivity index (χ1v) is 2.93. The summed E-state index contributed by atoms with van der Waals surface area (Å²) in [4.78, 5) is 24.7. The van der Waals surface area contributed by atoms with E-state index < -0.39 is 14.0 Å². The van der Waals surface area contributed by atoms with Crippen molar-refractivity contribution in [3.05, 3.63) is 0 Å². The molecule has 0 saturated heterocycles. The van der Waals surface area contributed by atoms with Crippen LogP contribution in [-0.2, 0) is 9.09 Å². The molecule has 6 nitrogen and oxygen atoms in total. The van der Waals surface area contributed by atoms with Crippen LogP contribution < -0.4 is 0 Å². The Labute approximate surface area is 129 Å². The Hall–Kier alpha value is 2.42. The van der Waals surface area contributed by atoms with Crippen LogP contribution in [0.2, 0.25) is 0 Å². The second kappa shape index (κ2) is 10.5. The first-order chi connectivity index (χ1) is 3.42. The van der Waals surface area contributed by atoms with Crippen molar-refractivity contribution in [3.63, 3.8) is 0 Å². The zero-order chi connectivity index (χ0) is 6.78. The SMILES string of the molecule is O=C(O)OP(=O)(O)O.[NaH].[NaH].[NaH]. The summed E-state index contributed by atoms with van der Waals surface area (Å²) in [5.41, 5.74) is 0. The van der Waals surface area contributed by atoms with Crippen LogP contribution in [0, 0.1) is 0 Å². The van der Waals surface area contributed by atoms with Crippen LogP contribution in [0.1, 0.15) is 0 Å². The topological polar surface area (TPSA) is 104 Å². The maximum atomic E-state index is 9.53. The molecule has 0 radical (unpaired) electrons. The van der Waals surface area contributed by atoms with Gasteiger partial charge in [0.15, 0.2) is 0 Å². The molecule has 0 heterocycles. The van der Waals surface area contributed by atoms with E-state index in [2.05, 4.69) is 4.52 Å². The van der Waals surface area contributed by atoms with Crippen LogP contribution in [0.4, 0.5) is 4.79 Å². The second-order valence-electron chi connectivity index (χ2n) is 0.848. The van der Waals surface area contributed by atoms with Gasteiger partial charge >= 0.3 is 103 Å². The Bertz CT molecular complexity index is 141. The average molecular weight is 214 g/mol. The number of rotatable bonds is 1. The molecule has 0 atom stereocenters. The zero-order valence-electron chi connectivity index (χ0n) is 3.51. The quantitative estimate of drug-likeness (QED) is 0.339. The van der Waals surface area contributed by atoms with Crippen LogP contribution in [0.5, 0.6) is 0 Å². The summed E-state index contributed by atoms with van der Waals surface area (Å²) in [6.07, 6.45) is -1.99. The van der Waals surface area contributed by atoms with E-state index in [0.29, 0.717) is 0 Å². The minimum atomic E-state index is -4.82. The molecular formula is CH6Na3O6P. The number of phosphoric acid groups is 1. The van der Waals surface area contributed by atoms with Crippen LogP contribution in [-0.4, -0.2) is 110 Å². The Balaban J connectivity index is -0.0000000817. The first-order valence-electron chi connectivity index (χ1n) is 1.40. The fourth-order valence-electron chi connectivity index (χ4n) is 0.102. The van der Waals surface area contributed by atoms with E-state index in [-0.39, 0.29) is 88.7 Å². The predicted octanol–water partition coefficient (Wildman–Crippen LogP) is -2.17. The second-order valence-corrected chi connectivity index (χ2v) is 2.01. The third kappa shape index (κ3) is 24.5. The monoisotopic (exact) mass is 214 g/mol. The third-order valence-corrected chi connectivity index (χ3v) is 0.591. The number of hydrogen-bond donors (Lipinski definition) is 3. The standard InChI is InChI=1S/CH3O6P.3Na.3H/c2-1(3)7-8(4,5)6;;;;;;/h(H,2,3)(H2,4,5,6);;;;;;. The zero-order valence-corrected chi connectivity index (χ0v) is 4.41. The Kier molecular flexibility index (Phi) is 22.3. The summed E-state index contributed by atoms with van der Waals surface area (Å²) in [7, 11) is -4.82. The van der Waals surface area contributed by atoms with Crippen molar-refractivity contribution in [2.24, 2.45) is 0 Å². The number of carbonyl (C=O) groups is 1. The summed E-state index contributed by atoms with van der Waals surface area (Å²) in [6, 6.07) is 0. The first kappa shape index (κ1) is 23.3.